The lowest BCUT2D eigenvalue weighted by molar-refractivity contribution is 0.604. The highest BCUT2D eigenvalue weighted by Crippen LogP contribution is 2.17. The van der Waals surface area contributed by atoms with Crippen molar-refractivity contribution in [3.05, 3.63) is 82.9 Å². The predicted octanol–water partition coefficient (Wildman–Crippen LogP) is 3.49. The summed E-state index contributed by atoms with van der Waals surface area (Å²) in [5.41, 5.74) is 4.80. The minimum atomic E-state index is -0.226. The first-order valence-corrected chi connectivity index (χ1v) is 8.88. The molecule has 0 amide bonds. The van der Waals surface area contributed by atoms with E-state index in [4.69, 9.17) is 0 Å². The number of para-hydroxylation sites is 1. The molecule has 5 nitrogen and oxygen atoms in total. The van der Waals surface area contributed by atoms with E-state index in [-0.39, 0.29) is 5.82 Å². The Labute approximate surface area is 159 Å². The topological polar surface area (TPSA) is 54.2 Å². The van der Waals surface area contributed by atoms with Crippen molar-refractivity contribution in [1.82, 2.24) is 20.4 Å². The van der Waals surface area contributed by atoms with Gasteiger partial charge in [0, 0.05) is 37.0 Å². The second kappa shape index (κ2) is 8.49. The van der Waals surface area contributed by atoms with Crippen molar-refractivity contribution < 1.29 is 4.39 Å². The third kappa shape index (κ3) is 4.34. The van der Waals surface area contributed by atoms with Gasteiger partial charge in [-0.25, -0.2) is 9.07 Å². The molecule has 0 aliphatic rings. The highest BCUT2D eigenvalue weighted by Gasteiger charge is 2.13. The van der Waals surface area contributed by atoms with Crippen molar-refractivity contribution in [1.29, 1.82) is 0 Å². The zero-order valence-electron chi connectivity index (χ0n) is 15.8. The van der Waals surface area contributed by atoms with Crippen LogP contribution in [0.2, 0.25) is 0 Å². The van der Waals surface area contributed by atoms with Gasteiger partial charge in [-0.2, -0.15) is 5.10 Å². The van der Waals surface area contributed by atoms with E-state index in [0.717, 1.165) is 22.6 Å². The van der Waals surface area contributed by atoms with Crippen molar-refractivity contribution in [3.8, 4) is 5.69 Å². The van der Waals surface area contributed by atoms with Crippen LogP contribution in [0, 0.1) is 19.7 Å². The number of aryl methyl sites for hydroxylation is 1. The molecule has 2 aromatic carbocycles. The van der Waals surface area contributed by atoms with E-state index in [1.165, 1.54) is 6.07 Å². The number of benzene rings is 2. The van der Waals surface area contributed by atoms with E-state index in [2.05, 4.69) is 27.6 Å². The molecule has 6 heteroatoms. The summed E-state index contributed by atoms with van der Waals surface area (Å²) in [6.07, 6.45) is 0. The number of rotatable bonds is 5. The van der Waals surface area contributed by atoms with Gasteiger partial charge in [0.15, 0.2) is 5.96 Å². The molecule has 3 aromatic rings. The lowest BCUT2D eigenvalue weighted by atomic mass is 10.2. The van der Waals surface area contributed by atoms with Crippen molar-refractivity contribution >= 4 is 5.96 Å². The highest BCUT2D eigenvalue weighted by molar-refractivity contribution is 5.79. The van der Waals surface area contributed by atoms with Crippen molar-refractivity contribution in [2.75, 3.05) is 7.05 Å². The third-order valence-corrected chi connectivity index (χ3v) is 4.50. The van der Waals surface area contributed by atoms with Crippen molar-refractivity contribution in [2.24, 2.45) is 4.99 Å². The average molecular weight is 365 g/mol. The summed E-state index contributed by atoms with van der Waals surface area (Å²) in [5.74, 6) is 0.390. The average Bonchev–Trinajstić information content (AvgIpc) is 2.98. The first-order valence-electron chi connectivity index (χ1n) is 8.88. The number of hydrogen-bond donors (Lipinski definition) is 2. The van der Waals surface area contributed by atoms with Crippen LogP contribution in [0.5, 0.6) is 0 Å². The Kier molecular flexibility index (Phi) is 5.86. The Hall–Kier alpha value is -3.15. The van der Waals surface area contributed by atoms with Gasteiger partial charge in [0.1, 0.15) is 5.82 Å². The number of aliphatic imine (C=N–C) groups is 1. The van der Waals surface area contributed by atoms with Crippen LogP contribution in [-0.2, 0) is 13.1 Å². The van der Waals surface area contributed by atoms with Crippen LogP contribution in [0.3, 0.4) is 0 Å². The molecule has 0 fully saturated rings. The van der Waals surface area contributed by atoms with E-state index in [9.17, 15) is 4.39 Å². The molecule has 0 atom stereocenters. The summed E-state index contributed by atoms with van der Waals surface area (Å²) in [5, 5.41) is 11.1. The Balaban J connectivity index is 1.67. The maximum Gasteiger partial charge on any atom is 0.191 e. The zero-order chi connectivity index (χ0) is 19.2. The molecule has 0 saturated heterocycles. The number of aromatic nitrogens is 2. The molecule has 140 valence electrons. The Morgan fingerprint density at radius 2 is 1.67 bits per heavy atom. The summed E-state index contributed by atoms with van der Waals surface area (Å²) in [4.78, 5) is 4.22. The molecule has 27 heavy (non-hydrogen) atoms. The van der Waals surface area contributed by atoms with Crippen LogP contribution in [0.25, 0.3) is 5.69 Å². The molecular weight excluding hydrogens is 341 g/mol. The third-order valence-electron chi connectivity index (χ3n) is 4.50. The largest absolute Gasteiger partial charge is 0.352 e. The number of nitrogens with one attached hydrogen (secondary N) is 2. The zero-order valence-corrected chi connectivity index (χ0v) is 15.8. The van der Waals surface area contributed by atoms with Gasteiger partial charge in [-0.05, 0) is 32.0 Å². The molecule has 0 bridgehead atoms. The summed E-state index contributed by atoms with van der Waals surface area (Å²) >= 11 is 0. The fourth-order valence-corrected chi connectivity index (χ4v) is 2.96. The van der Waals surface area contributed by atoms with Gasteiger partial charge in [0.2, 0.25) is 0 Å². The van der Waals surface area contributed by atoms with Gasteiger partial charge in [0.05, 0.1) is 11.4 Å². The molecule has 2 N–H and O–H groups in total. The van der Waals surface area contributed by atoms with E-state index < -0.39 is 0 Å². The van der Waals surface area contributed by atoms with Gasteiger partial charge in [0.25, 0.3) is 0 Å². The van der Waals surface area contributed by atoms with Crippen LogP contribution in [0.1, 0.15) is 22.5 Å². The highest BCUT2D eigenvalue weighted by atomic mass is 19.1. The molecule has 0 unspecified atom stereocenters. The first-order chi connectivity index (χ1) is 13.1. The monoisotopic (exact) mass is 365 g/mol. The fraction of sp³-hybridized carbons (Fsp3) is 0.238. The normalized spacial score (nSPS) is 11.5. The summed E-state index contributed by atoms with van der Waals surface area (Å²) in [6, 6.07) is 16.8. The second-order valence-corrected chi connectivity index (χ2v) is 6.27. The van der Waals surface area contributed by atoms with E-state index >= 15 is 0 Å². The molecule has 0 radical (unpaired) electrons. The van der Waals surface area contributed by atoms with E-state index in [1.807, 2.05) is 48.0 Å². The molecule has 0 aliphatic carbocycles. The molecule has 0 aliphatic heterocycles. The smallest absolute Gasteiger partial charge is 0.191 e. The van der Waals surface area contributed by atoms with Gasteiger partial charge in [-0.1, -0.05) is 36.4 Å². The summed E-state index contributed by atoms with van der Waals surface area (Å²) < 4.78 is 15.7. The number of hydrogen-bond acceptors (Lipinski definition) is 2. The standard InChI is InChI=1S/C21H24FN5/c1-15-19(16(2)27(26-15)18-10-5-4-6-11-18)14-25-21(23-3)24-13-17-9-7-8-12-20(17)22/h4-12H,13-14H2,1-3H3,(H2,23,24,25). The van der Waals surface area contributed by atoms with Crippen LogP contribution in [-0.4, -0.2) is 22.8 Å². The van der Waals surface area contributed by atoms with Crippen LogP contribution in [0.15, 0.2) is 59.6 Å². The molecule has 0 spiro atoms. The molecular formula is C21H24FN5. The predicted molar refractivity (Wildman–Crippen MR) is 106 cm³/mol. The summed E-state index contributed by atoms with van der Waals surface area (Å²) in [6.45, 7) is 5.01. The number of halogens is 1. The maximum absolute atomic E-state index is 13.8. The number of nitrogens with zero attached hydrogens (tertiary/aromatic N) is 3. The van der Waals surface area contributed by atoms with Gasteiger partial charge in [-0.15, -0.1) is 0 Å². The lowest BCUT2D eigenvalue weighted by Gasteiger charge is -2.13. The quantitative estimate of drug-likeness (QED) is 0.538. The van der Waals surface area contributed by atoms with Gasteiger partial charge >= 0.3 is 0 Å². The fourth-order valence-electron chi connectivity index (χ4n) is 2.96. The van der Waals surface area contributed by atoms with Crippen LogP contribution < -0.4 is 10.6 Å². The maximum atomic E-state index is 13.8. The first kappa shape index (κ1) is 18.6. The van der Waals surface area contributed by atoms with Crippen molar-refractivity contribution in [2.45, 2.75) is 26.9 Å². The minimum absolute atomic E-state index is 0.226. The summed E-state index contributed by atoms with van der Waals surface area (Å²) in [7, 11) is 1.70. The Bertz CT molecular complexity index is 931. The number of guanidine groups is 1. The van der Waals surface area contributed by atoms with Gasteiger partial charge in [-0.3, -0.25) is 4.99 Å². The van der Waals surface area contributed by atoms with Gasteiger partial charge < -0.3 is 10.6 Å². The van der Waals surface area contributed by atoms with Crippen LogP contribution in [0.4, 0.5) is 4.39 Å². The molecule has 1 aromatic heterocycles. The Morgan fingerprint density at radius 3 is 2.37 bits per heavy atom. The lowest BCUT2D eigenvalue weighted by Crippen LogP contribution is -2.36. The minimum Gasteiger partial charge on any atom is -0.352 e. The Morgan fingerprint density at radius 1 is 1.00 bits per heavy atom. The SMILES string of the molecule is CN=C(NCc1ccccc1F)NCc1c(C)nn(-c2ccccc2)c1C. The van der Waals surface area contributed by atoms with Crippen LogP contribution >= 0.6 is 0 Å². The molecule has 0 saturated carbocycles. The van der Waals surface area contributed by atoms with E-state index in [0.29, 0.717) is 24.6 Å². The van der Waals surface area contributed by atoms with Crippen molar-refractivity contribution in [3.63, 3.8) is 0 Å². The second-order valence-electron chi connectivity index (χ2n) is 6.27. The molecule has 3 rings (SSSR count). The molecule has 1 heterocycles. The van der Waals surface area contributed by atoms with E-state index in [1.54, 1.807) is 19.2 Å².